The minimum atomic E-state index is -1.04. The van der Waals surface area contributed by atoms with Crippen molar-refractivity contribution in [3.8, 4) is 0 Å². The number of aliphatic hydroxyl groups is 1. The Morgan fingerprint density at radius 1 is 1.35 bits per heavy atom. The van der Waals surface area contributed by atoms with Crippen LogP contribution < -0.4 is 0 Å². The van der Waals surface area contributed by atoms with Crippen molar-refractivity contribution in [2.45, 2.75) is 31.4 Å². The smallest absolute Gasteiger partial charge is 0.159 e. The molecule has 1 aliphatic heterocycles. The summed E-state index contributed by atoms with van der Waals surface area (Å²) in [4.78, 5) is 2.15. The Bertz CT molecular complexity index is 424. The summed E-state index contributed by atoms with van der Waals surface area (Å²) in [6.07, 6.45) is 1.08. The molecular weight excluding hydrogens is 224 g/mol. The number of rotatable bonds is 1. The van der Waals surface area contributed by atoms with Gasteiger partial charge in [0.1, 0.15) is 0 Å². The molecule has 0 radical (unpaired) electrons. The molecule has 0 aromatic heterocycles. The molecule has 1 fully saturated rings. The summed E-state index contributed by atoms with van der Waals surface area (Å²) in [7, 11) is 2.00. The monoisotopic (exact) mass is 241 g/mol. The highest BCUT2D eigenvalue weighted by Crippen LogP contribution is 2.35. The maximum absolute atomic E-state index is 13.2. The van der Waals surface area contributed by atoms with E-state index in [2.05, 4.69) is 4.90 Å². The highest BCUT2D eigenvalue weighted by molar-refractivity contribution is 5.25. The zero-order valence-corrected chi connectivity index (χ0v) is 10.1. The minimum absolute atomic E-state index is 0.224. The molecule has 1 aliphatic rings. The van der Waals surface area contributed by atoms with E-state index < -0.39 is 17.2 Å². The van der Waals surface area contributed by atoms with Crippen molar-refractivity contribution in [1.29, 1.82) is 0 Å². The summed E-state index contributed by atoms with van der Waals surface area (Å²) >= 11 is 0. The number of hydrogen-bond acceptors (Lipinski definition) is 2. The number of piperidine rings is 1. The average Bonchev–Trinajstić information content (AvgIpc) is 2.28. The quantitative estimate of drug-likeness (QED) is 0.815. The van der Waals surface area contributed by atoms with Crippen LogP contribution in [0, 0.1) is 11.6 Å². The lowest BCUT2D eigenvalue weighted by Crippen LogP contribution is -2.45. The predicted molar refractivity (Wildman–Crippen MR) is 61.6 cm³/mol. The van der Waals surface area contributed by atoms with Crippen molar-refractivity contribution in [3.63, 3.8) is 0 Å². The maximum atomic E-state index is 13.2. The average molecular weight is 241 g/mol. The zero-order valence-electron chi connectivity index (χ0n) is 10.1. The summed E-state index contributed by atoms with van der Waals surface area (Å²) < 4.78 is 26.0. The SMILES string of the molecule is CC1CC(O)(c2ccc(F)c(F)c2)CCN1C. The van der Waals surface area contributed by atoms with Gasteiger partial charge in [-0.25, -0.2) is 8.78 Å². The highest BCUT2D eigenvalue weighted by Gasteiger charge is 2.36. The first-order valence-electron chi connectivity index (χ1n) is 5.80. The molecule has 0 amide bonds. The van der Waals surface area contributed by atoms with E-state index in [1.54, 1.807) is 0 Å². The molecular formula is C13H17F2NO. The first kappa shape index (κ1) is 12.5. The second kappa shape index (κ2) is 4.35. The molecule has 0 spiro atoms. The maximum Gasteiger partial charge on any atom is 0.159 e. The molecule has 17 heavy (non-hydrogen) atoms. The Morgan fingerprint density at radius 2 is 2.06 bits per heavy atom. The van der Waals surface area contributed by atoms with E-state index in [-0.39, 0.29) is 6.04 Å². The van der Waals surface area contributed by atoms with Crippen LogP contribution in [0.3, 0.4) is 0 Å². The Balaban J connectivity index is 2.29. The highest BCUT2D eigenvalue weighted by atomic mass is 19.2. The van der Waals surface area contributed by atoms with Gasteiger partial charge in [0.15, 0.2) is 11.6 Å². The number of hydrogen-bond donors (Lipinski definition) is 1. The third kappa shape index (κ3) is 2.33. The second-order valence-corrected chi connectivity index (χ2v) is 4.94. The Morgan fingerprint density at radius 3 is 2.65 bits per heavy atom. The van der Waals surface area contributed by atoms with Crippen LogP contribution in [-0.4, -0.2) is 29.6 Å². The van der Waals surface area contributed by atoms with Crippen molar-refractivity contribution >= 4 is 0 Å². The van der Waals surface area contributed by atoms with Gasteiger partial charge < -0.3 is 10.0 Å². The molecule has 94 valence electrons. The Hall–Kier alpha value is -1.00. The van der Waals surface area contributed by atoms with Crippen LogP contribution in [0.25, 0.3) is 0 Å². The number of likely N-dealkylation sites (tertiary alicyclic amines) is 1. The molecule has 1 heterocycles. The summed E-state index contributed by atoms with van der Waals surface area (Å²) in [5.74, 6) is -1.78. The van der Waals surface area contributed by atoms with Crippen molar-refractivity contribution in [3.05, 3.63) is 35.4 Å². The predicted octanol–water partition coefficient (Wildman–Crippen LogP) is 2.27. The molecule has 2 atom stereocenters. The fraction of sp³-hybridized carbons (Fsp3) is 0.538. The molecule has 2 rings (SSSR count). The van der Waals surface area contributed by atoms with Gasteiger partial charge in [0, 0.05) is 12.6 Å². The molecule has 1 N–H and O–H groups in total. The van der Waals surface area contributed by atoms with Crippen LogP contribution >= 0.6 is 0 Å². The van der Waals surface area contributed by atoms with Gasteiger partial charge in [0.05, 0.1) is 5.60 Å². The third-order valence-electron chi connectivity index (χ3n) is 3.72. The van der Waals surface area contributed by atoms with Crippen molar-refractivity contribution in [1.82, 2.24) is 4.90 Å². The van der Waals surface area contributed by atoms with Gasteiger partial charge in [-0.05, 0) is 44.5 Å². The second-order valence-electron chi connectivity index (χ2n) is 4.94. The lowest BCUT2D eigenvalue weighted by molar-refractivity contribution is -0.0410. The van der Waals surface area contributed by atoms with Crippen molar-refractivity contribution < 1.29 is 13.9 Å². The largest absolute Gasteiger partial charge is 0.385 e. The van der Waals surface area contributed by atoms with Gasteiger partial charge in [-0.3, -0.25) is 0 Å². The first-order valence-corrected chi connectivity index (χ1v) is 5.80. The van der Waals surface area contributed by atoms with Gasteiger partial charge >= 0.3 is 0 Å². The number of halogens is 2. The molecule has 4 heteroatoms. The van der Waals surface area contributed by atoms with Gasteiger partial charge in [-0.2, -0.15) is 0 Å². The molecule has 0 saturated carbocycles. The number of benzene rings is 1. The third-order valence-corrected chi connectivity index (χ3v) is 3.72. The van der Waals surface area contributed by atoms with Crippen LogP contribution in [0.2, 0.25) is 0 Å². The Labute approximate surface area is 99.9 Å². The van der Waals surface area contributed by atoms with E-state index >= 15 is 0 Å². The van der Waals surface area contributed by atoms with Gasteiger partial charge in [-0.1, -0.05) is 6.07 Å². The van der Waals surface area contributed by atoms with Gasteiger partial charge in [0.25, 0.3) is 0 Å². The van der Waals surface area contributed by atoms with Crippen LogP contribution in [0.1, 0.15) is 25.3 Å². The van der Waals surface area contributed by atoms with E-state index in [0.717, 1.165) is 18.7 Å². The zero-order chi connectivity index (χ0) is 12.6. The summed E-state index contributed by atoms with van der Waals surface area (Å²) in [5, 5.41) is 10.5. The lowest BCUT2D eigenvalue weighted by atomic mass is 9.81. The molecule has 1 aromatic rings. The van der Waals surface area contributed by atoms with E-state index in [0.29, 0.717) is 18.4 Å². The van der Waals surface area contributed by atoms with E-state index in [1.165, 1.54) is 6.07 Å². The van der Waals surface area contributed by atoms with E-state index in [9.17, 15) is 13.9 Å². The van der Waals surface area contributed by atoms with Crippen LogP contribution in [0.5, 0.6) is 0 Å². The summed E-state index contributed by atoms with van der Waals surface area (Å²) in [6, 6.07) is 3.87. The van der Waals surface area contributed by atoms with Crippen molar-refractivity contribution in [2.24, 2.45) is 0 Å². The summed E-state index contributed by atoms with van der Waals surface area (Å²) in [5.41, 5.74) is -0.572. The van der Waals surface area contributed by atoms with E-state index in [4.69, 9.17) is 0 Å². The van der Waals surface area contributed by atoms with Gasteiger partial charge in [-0.15, -0.1) is 0 Å². The lowest BCUT2D eigenvalue weighted by Gasteiger charge is -2.41. The molecule has 0 aliphatic carbocycles. The molecule has 2 nitrogen and oxygen atoms in total. The molecule has 0 bridgehead atoms. The fourth-order valence-electron chi connectivity index (χ4n) is 2.38. The van der Waals surface area contributed by atoms with Crippen molar-refractivity contribution in [2.75, 3.05) is 13.6 Å². The van der Waals surface area contributed by atoms with E-state index in [1.807, 2.05) is 14.0 Å². The van der Waals surface area contributed by atoms with Crippen LogP contribution in [-0.2, 0) is 5.60 Å². The normalized spacial score (nSPS) is 30.5. The standard InChI is InChI=1S/C13H17F2NO/c1-9-8-13(17,5-6-16(9)2)10-3-4-11(14)12(15)7-10/h3-4,7,9,17H,5-6,8H2,1-2H3. The Kier molecular flexibility index (Phi) is 3.19. The van der Waals surface area contributed by atoms with Crippen LogP contribution in [0.4, 0.5) is 8.78 Å². The van der Waals surface area contributed by atoms with Gasteiger partial charge in [0.2, 0.25) is 0 Å². The van der Waals surface area contributed by atoms with Crippen LogP contribution in [0.15, 0.2) is 18.2 Å². The fourth-order valence-corrected chi connectivity index (χ4v) is 2.38. The molecule has 1 saturated heterocycles. The number of nitrogens with zero attached hydrogens (tertiary/aromatic N) is 1. The molecule has 1 aromatic carbocycles. The minimum Gasteiger partial charge on any atom is -0.385 e. The summed E-state index contributed by atoms with van der Waals surface area (Å²) in [6.45, 7) is 2.76. The topological polar surface area (TPSA) is 23.5 Å². The first-order chi connectivity index (χ1) is 7.92. The molecule has 2 unspecified atom stereocenters.